The Bertz CT molecular complexity index is 1090. The van der Waals surface area contributed by atoms with Crippen LogP contribution in [0.3, 0.4) is 0 Å². The second kappa shape index (κ2) is 11.0. The molecule has 5 heteroatoms. The van der Waals surface area contributed by atoms with Gasteiger partial charge in [-0.2, -0.15) is 5.26 Å². The number of carbonyl (C=O) groups is 1. The fraction of sp³-hybridized carbons (Fsp3) is 0.259. The molecular formula is C27H28N2O3. The minimum Gasteiger partial charge on any atom is -0.488 e. The van der Waals surface area contributed by atoms with Gasteiger partial charge in [0, 0.05) is 11.3 Å². The number of nitriles is 1. The number of ether oxygens (including phenoxy) is 1. The molecule has 1 atom stereocenters. The molecule has 0 spiro atoms. The Balaban J connectivity index is 2.03. The smallest absolute Gasteiger partial charge is 0.330 e. The standard InChI is InChI=1S/C27H28N2O3/c1-3-8-22-15-19(4-2)16-24(26(22)32-18-21-9-6-5-7-10-21)25(27(30)31)29-23-13-11-20(17-28)12-14-23/h5-7,9-16,25,29H,3-4,8,18H2,1-2H3,(H,30,31)/t25-/m1/s1. The maximum atomic E-state index is 12.4. The first kappa shape index (κ1) is 22.9. The summed E-state index contributed by atoms with van der Waals surface area (Å²) in [5, 5.41) is 22.3. The van der Waals surface area contributed by atoms with E-state index in [-0.39, 0.29) is 0 Å². The van der Waals surface area contributed by atoms with E-state index >= 15 is 0 Å². The molecule has 2 N–H and O–H groups in total. The van der Waals surface area contributed by atoms with Crippen LogP contribution in [0.25, 0.3) is 0 Å². The van der Waals surface area contributed by atoms with E-state index in [9.17, 15) is 9.90 Å². The molecule has 0 saturated carbocycles. The number of nitrogens with one attached hydrogen (secondary N) is 1. The van der Waals surface area contributed by atoms with Crippen LogP contribution in [0.5, 0.6) is 5.75 Å². The van der Waals surface area contributed by atoms with Crippen LogP contribution in [-0.4, -0.2) is 11.1 Å². The predicted octanol–water partition coefficient (Wildman–Crippen LogP) is 5.89. The van der Waals surface area contributed by atoms with Crippen LogP contribution in [0.1, 0.15) is 54.1 Å². The SMILES string of the molecule is CCCc1cc(CC)cc([C@@H](Nc2ccc(C#N)cc2)C(=O)O)c1OCc1ccccc1. The molecule has 0 radical (unpaired) electrons. The van der Waals surface area contributed by atoms with E-state index in [4.69, 9.17) is 10.00 Å². The zero-order valence-electron chi connectivity index (χ0n) is 18.5. The van der Waals surface area contributed by atoms with E-state index in [1.807, 2.05) is 36.4 Å². The summed E-state index contributed by atoms with van der Waals surface area (Å²) in [4.78, 5) is 12.4. The number of aryl methyl sites for hydroxylation is 2. The van der Waals surface area contributed by atoms with E-state index in [0.717, 1.165) is 36.0 Å². The maximum absolute atomic E-state index is 12.4. The first-order valence-corrected chi connectivity index (χ1v) is 10.9. The molecule has 0 amide bonds. The first-order chi connectivity index (χ1) is 15.5. The predicted molar refractivity (Wildman–Crippen MR) is 126 cm³/mol. The van der Waals surface area contributed by atoms with Gasteiger partial charge in [0.05, 0.1) is 11.6 Å². The molecule has 0 bridgehead atoms. The van der Waals surface area contributed by atoms with Gasteiger partial charge in [-0.1, -0.05) is 56.7 Å². The molecule has 0 aliphatic rings. The number of hydrogen-bond acceptors (Lipinski definition) is 4. The van der Waals surface area contributed by atoms with Crippen molar-refractivity contribution in [3.05, 3.63) is 94.5 Å². The minimum absolute atomic E-state index is 0.360. The zero-order valence-corrected chi connectivity index (χ0v) is 18.5. The monoisotopic (exact) mass is 428 g/mol. The van der Waals surface area contributed by atoms with Gasteiger partial charge in [0.25, 0.3) is 0 Å². The molecular weight excluding hydrogens is 400 g/mol. The summed E-state index contributed by atoms with van der Waals surface area (Å²) in [7, 11) is 0. The fourth-order valence-corrected chi connectivity index (χ4v) is 3.64. The van der Waals surface area contributed by atoms with Crippen molar-refractivity contribution in [1.82, 2.24) is 0 Å². The molecule has 32 heavy (non-hydrogen) atoms. The van der Waals surface area contributed by atoms with Crippen LogP contribution < -0.4 is 10.1 Å². The van der Waals surface area contributed by atoms with Gasteiger partial charge in [0.15, 0.2) is 6.04 Å². The summed E-state index contributed by atoms with van der Waals surface area (Å²) >= 11 is 0. The van der Waals surface area contributed by atoms with Gasteiger partial charge in [-0.05, 0) is 59.9 Å². The highest BCUT2D eigenvalue weighted by atomic mass is 16.5. The average molecular weight is 429 g/mol. The van der Waals surface area contributed by atoms with Gasteiger partial charge in [-0.25, -0.2) is 4.79 Å². The van der Waals surface area contributed by atoms with Crippen molar-refractivity contribution >= 4 is 11.7 Å². The summed E-state index contributed by atoms with van der Waals surface area (Å²) < 4.78 is 6.27. The highest BCUT2D eigenvalue weighted by molar-refractivity contribution is 5.81. The highest BCUT2D eigenvalue weighted by Crippen LogP contribution is 2.35. The van der Waals surface area contributed by atoms with Gasteiger partial charge in [0.2, 0.25) is 0 Å². The fourth-order valence-electron chi connectivity index (χ4n) is 3.64. The second-order valence-corrected chi connectivity index (χ2v) is 7.66. The lowest BCUT2D eigenvalue weighted by Crippen LogP contribution is -2.22. The van der Waals surface area contributed by atoms with Crippen molar-refractivity contribution < 1.29 is 14.6 Å². The van der Waals surface area contributed by atoms with Crippen LogP contribution in [0.2, 0.25) is 0 Å². The molecule has 5 nitrogen and oxygen atoms in total. The number of aliphatic carboxylic acids is 1. The lowest BCUT2D eigenvalue weighted by atomic mass is 9.95. The molecule has 0 saturated heterocycles. The first-order valence-electron chi connectivity index (χ1n) is 10.9. The summed E-state index contributed by atoms with van der Waals surface area (Å²) in [5.41, 5.74) is 4.87. The van der Waals surface area contributed by atoms with Gasteiger partial charge in [0.1, 0.15) is 12.4 Å². The Hall–Kier alpha value is -3.78. The summed E-state index contributed by atoms with van der Waals surface area (Å²) in [6.07, 6.45) is 2.52. The third-order valence-corrected chi connectivity index (χ3v) is 5.29. The van der Waals surface area contributed by atoms with Gasteiger partial charge < -0.3 is 15.2 Å². The second-order valence-electron chi connectivity index (χ2n) is 7.66. The number of benzene rings is 3. The molecule has 0 unspecified atom stereocenters. The Kier molecular flexibility index (Phi) is 7.88. The van der Waals surface area contributed by atoms with Crippen molar-refractivity contribution in [3.8, 4) is 11.8 Å². The van der Waals surface area contributed by atoms with Gasteiger partial charge in [-0.15, -0.1) is 0 Å². The van der Waals surface area contributed by atoms with Crippen molar-refractivity contribution in [1.29, 1.82) is 5.26 Å². The highest BCUT2D eigenvalue weighted by Gasteiger charge is 2.26. The van der Waals surface area contributed by atoms with E-state index < -0.39 is 12.0 Å². The van der Waals surface area contributed by atoms with Crippen LogP contribution in [0.15, 0.2) is 66.7 Å². The van der Waals surface area contributed by atoms with Crippen LogP contribution >= 0.6 is 0 Å². The summed E-state index contributed by atoms with van der Waals surface area (Å²) in [6.45, 7) is 4.52. The van der Waals surface area contributed by atoms with Gasteiger partial charge in [-0.3, -0.25) is 0 Å². The van der Waals surface area contributed by atoms with E-state index in [0.29, 0.717) is 29.2 Å². The van der Waals surface area contributed by atoms with Crippen molar-refractivity contribution in [2.75, 3.05) is 5.32 Å². The lowest BCUT2D eigenvalue weighted by Gasteiger charge is -2.23. The normalized spacial score (nSPS) is 11.4. The van der Waals surface area contributed by atoms with E-state index in [2.05, 4.69) is 31.3 Å². The number of carboxylic acids is 1. The minimum atomic E-state index is -0.991. The third-order valence-electron chi connectivity index (χ3n) is 5.29. The average Bonchev–Trinajstić information content (AvgIpc) is 2.82. The molecule has 3 aromatic carbocycles. The quantitative estimate of drug-likeness (QED) is 0.421. The van der Waals surface area contributed by atoms with E-state index in [1.54, 1.807) is 24.3 Å². The van der Waals surface area contributed by atoms with E-state index in [1.165, 1.54) is 0 Å². The van der Waals surface area contributed by atoms with Crippen molar-refractivity contribution in [3.63, 3.8) is 0 Å². The van der Waals surface area contributed by atoms with Gasteiger partial charge >= 0.3 is 5.97 Å². The third kappa shape index (κ3) is 5.67. The largest absolute Gasteiger partial charge is 0.488 e. The number of rotatable bonds is 10. The Labute approximate surface area is 189 Å². The Morgan fingerprint density at radius 1 is 1.06 bits per heavy atom. The Morgan fingerprint density at radius 2 is 1.78 bits per heavy atom. The molecule has 3 rings (SSSR count). The van der Waals surface area contributed by atoms with Crippen LogP contribution in [0.4, 0.5) is 5.69 Å². The van der Waals surface area contributed by atoms with Crippen molar-refractivity contribution in [2.24, 2.45) is 0 Å². The van der Waals surface area contributed by atoms with Crippen molar-refractivity contribution in [2.45, 2.75) is 45.8 Å². The molecule has 0 fully saturated rings. The number of carboxylic acid groups (broad SMARTS) is 1. The maximum Gasteiger partial charge on any atom is 0.330 e. The molecule has 0 aliphatic carbocycles. The lowest BCUT2D eigenvalue weighted by molar-refractivity contribution is -0.138. The molecule has 0 aromatic heterocycles. The van der Waals surface area contributed by atoms with Crippen LogP contribution in [0, 0.1) is 11.3 Å². The molecule has 0 aliphatic heterocycles. The topological polar surface area (TPSA) is 82.4 Å². The summed E-state index contributed by atoms with van der Waals surface area (Å²) in [5.74, 6) is -0.365. The number of nitrogens with zero attached hydrogens (tertiary/aromatic N) is 1. The molecule has 164 valence electrons. The summed E-state index contributed by atoms with van der Waals surface area (Å²) in [6, 6.07) is 21.7. The molecule has 0 heterocycles. The zero-order chi connectivity index (χ0) is 22.9. The number of hydrogen-bond donors (Lipinski definition) is 2. The number of anilines is 1. The van der Waals surface area contributed by atoms with Crippen LogP contribution in [-0.2, 0) is 24.2 Å². The Morgan fingerprint density at radius 3 is 2.38 bits per heavy atom. The molecule has 3 aromatic rings.